The van der Waals surface area contributed by atoms with E-state index in [1.54, 1.807) is 0 Å². The van der Waals surface area contributed by atoms with Crippen molar-refractivity contribution in [3.63, 3.8) is 0 Å². The third-order valence-corrected chi connectivity index (χ3v) is 2.86. The topological polar surface area (TPSA) is 146 Å². The second-order valence-corrected chi connectivity index (χ2v) is 5.54. The summed E-state index contributed by atoms with van der Waals surface area (Å²) in [6.45, 7) is 5.08. The number of carbonyl (C=O) groups is 4. The molecule has 0 aliphatic rings. The third kappa shape index (κ3) is 9.25. The van der Waals surface area contributed by atoms with Gasteiger partial charge in [-0.25, -0.2) is 9.59 Å². The van der Waals surface area contributed by atoms with Gasteiger partial charge in [-0.2, -0.15) is 0 Å². The molecule has 10 heteroatoms. The zero-order chi connectivity index (χ0) is 20.3. The molecule has 0 radical (unpaired) electrons. The molecule has 26 heavy (non-hydrogen) atoms. The molecule has 0 saturated carbocycles. The van der Waals surface area contributed by atoms with Gasteiger partial charge in [0.2, 0.25) is 6.29 Å². The summed E-state index contributed by atoms with van der Waals surface area (Å²) in [5, 5.41) is 19.9. The molecule has 0 rings (SSSR count). The Morgan fingerprint density at radius 1 is 1.08 bits per heavy atom. The van der Waals surface area contributed by atoms with E-state index in [9.17, 15) is 29.4 Å². The maximum atomic E-state index is 12.1. The summed E-state index contributed by atoms with van der Waals surface area (Å²) in [7, 11) is 1.39. The minimum atomic E-state index is -2.53. The van der Waals surface area contributed by atoms with Crippen molar-refractivity contribution in [1.29, 1.82) is 0 Å². The maximum absolute atomic E-state index is 12.1. The smallest absolute Gasteiger partial charge is 0.341 e. The largest absolute Gasteiger partial charge is 0.463 e. The molecule has 0 amide bonds. The number of aliphatic hydroxyl groups excluding tert-OH is 1. The summed E-state index contributed by atoms with van der Waals surface area (Å²) in [6.07, 6.45) is -3.51. The molecule has 2 atom stereocenters. The number of carbonyl (C=O) groups excluding carboxylic acids is 4. The van der Waals surface area contributed by atoms with Gasteiger partial charge in [0.05, 0.1) is 13.0 Å². The molecule has 0 fully saturated rings. The lowest BCUT2D eigenvalue weighted by Crippen LogP contribution is -2.46. The molecule has 2 unspecified atom stereocenters. The van der Waals surface area contributed by atoms with Gasteiger partial charge in [0.25, 0.3) is 0 Å². The number of rotatable bonds is 12. The maximum Gasteiger partial charge on any atom is 0.341 e. The van der Waals surface area contributed by atoms with Crippen LogP contribution in [0.5, 0.6) is 0 Å². The normalized spacial score (nSPS) is 13.9. The first-order valence-electron chi connectivity index (χ1n) is 7.60. The quantitative estimate of drug-likeness (QED) is 0.147. The van der Waals surface area contributed by atoms with Gasteiger partial charge in [-0.05, 0) is 13.8 Å². The zero-order valence-corrected chi connectivity index (χ0v) is 15.0. The average molecular weight is 376 g/mol. The standard InChI is InChI=1S/C16H24O10/c1-10(2)14(20)25-9-13(19)26-15(21)16(22,7-11(3)17)8-12(18)24-6-5-23-4/h13,19,22H,1,5-9H2,2-4H3. The van der Waals surface area contributed by atoms with E-state index in [1.807, 2.05) is 0 Å². The van der Waals surface area contributed by atoms with E-state index in [4.69, 9.17) is 4.74 Å². The molecule has 10 nitrogen and oxygen atoms in total. The van der Waals surface area contributed by atoms with Gasteiger partial charge in [0.1, 0.15) is 12.4 Å². The monoisotopic (exact) mass is 376 g/mol. The zero-order valence-electron chi connectivity index (χ0n) is 15.0. The highest BCUT2D eigenvalue weighted by Gasteiger charge is 2.43. The predicted molar refractivity (Wildman–Crippen MR) is 85.6 cm³/mol. The average Bonchev–Trinajstić information content (AvgIpc) is 2.51. The SMILES string of the molecule is C=C(C)C(=O)OCC(O)OC(=O)C(O)(CC(C)=O)CC(=O)OCCOC. The highest BCUT2D eigenvalue weighted by atomic mass is 16.7. The Balaban J connectivity index is 4.84. The Hall–Kier alpha value is -2.30. The van der Waals surface area contributed by atoms with Crippen molar-refractivity contribution in [2.24, 2.45) is 0 Å². The Kier molecular flexibility index (Phi) is 10.3. The third-order valence-electron chi connectivity index (χ3n) is 2.86. The Morgan fingerprint density at radius 3 is 2.19 bits per heavy atom. The van der Waals surface area contributed by atoms with E-state index >= 15 is 0 Å². The Labute approximate surface area is 150 Å². The van der Waals surface area contributed by atoms with E-state index in [-0.39, 0.29) is 18.8 Å². The molecule has 0 aliphatic carbocycles. The first kappa shape index (κ1) is 23.7. The number of aliphatic hydroxyl groups is 2. The lowest BCUT2D eigenvalue weighted by Gasteiger charge is -2.25. The van der Waals surface area contributed by atoms with Crippen LogP contribution < -0.4 is 0 Å². The van der Waals surface area contributed by atoms with Crippen molar-refractivity contribution in [2.45, 2.75) is 38.6 Å². The first-order valence-corrected chi connectivity index (χ1v) is 7.60. The fourth-order valence-electron chi connectivity index (χ4n) is 1.68. The van der Waals surface area contributed by atoms with E-state index in [1.165, 1.54) is 14.0 Å². The van der Waals surface area contributed by atoms with Gasteiger partial charge in [0, 0.05) is 19.1 Å². The van der Waals surface area contributed by atoms with Crippen LogP contribution in [0.1, 0.15) is 26.7 Å². The van der Waals surface area contributed by atoms with Gasteiger partial charge >= 0.3 is 17.9 Å². The highest BCUT2D eigenvalue weighted by molar-refractivity contribution is 5.91. The predicted octanol–water partition coefficient (Wildman–Crippen LogP) is -0.743. The Morgan fingerprint density at radius 2 is 1.69 bits per heavy atom. The number of ether oxygens (including phenoxy) is 4. The van der Waals surface area contributed by atoms with Crippen molar-refractivity contribution in [3.8, 4) is 0 Å². The highest BCUT2D eigenvalue weighted by Crippen LogP contribution is 2.20. The van der Waals surface area contributed by atoms with E-state index < -0.39 is 55.0 Å². The molecule has 0 aliphatic heterocycles. The molecule has 2 N–H and O–H groups in total. The molecule has 0 aromatic heterocycles. The summed E-state index contributed by atoms with van der Waals surface area (Å²) in [6, 6.07) is 0. The van der Waals surface area contributed by atoms with Crippen LogP contribution in [0.25, 0.3) is 0 Å². The van der Waals surface area contributed by atoms with Gasteiger partial charge in [-0.3, -0.25) is 9.59 Å². The molecular formula is C16H24O10. The summed E-state index contributed by atoms with van der Waals surface area (Å²) in [4.78, 5) is 46.3. The fraction of sp³-hybridized carbons (Fsp3) is 0.625. The number of Topliss-reactive ketones (excluding diaryl/α,β-unsaturated/α-hetero) is 1. The number of hydrogen-bond acceptors (Lipinski definition) is 10. The van der Waals surface area contributed by atoms with Gasteiger partial charge in [-0.15, -0.1) is 0 Å². The van der Waals surface area contributed by atoms with Gasteiger partial charge < -0.3 is 29.2 Å². The minimum absolute atomic E-state index is 0.0652. The summed E-state index contributed by atoms with van der Waals surface area (Å²) >= 11 is 0. The van der Waals surface area contributed by atoms with Crippen LogP contribution in [-0.2, 0) is 38.1 Å². The lowest BCUT2D eigenvalue weighted by atomic mass is 9.93. The number of ketones is 1. The summed E-state index contributed by atoms with van der Waals surface area (Å²) in [5.41, 5.74) is -2.47. The van der Waals surface area contributed by atoms with Crippen LogP contribution in [0.3, 0.4) is 0 Å². The van der Waals surface area contributed by atoms with Crippen molar-refractivity contribution in [1.82, 2.24) is 0 Å². The van der Waals surface area contributed by atoms with Gasteiger partial charge in [-0.1, -0.05) is 6.58 Å². The van der Waals surface area contributed by atoms with Crippen molar-refractivity contribution >= 4 is 23.7 Å². The van der Waals surface area contributed by atoms with Crippen LogP contribution in [0.2, 0.25) is 0 Å². The second kappa shape index (κ2) is 11.3. The summed E-state index contributed by atoms with van der Waals surface area (Å²) < 4.78 is 18.6. The molecule has 148 valence electrons. The number of esters is 3. The molecule has 0 bridgehead atoms. The van der Waals surface area contributed by atoms with Crippen LogP contribution in [0, 0.1) is 0 Å². The number of hydrogen-bond donors (Lipinski definition) is 2. The van der Waals surface area contributed by atoms with Crippen LogP contribution in [-0.4, -0.2) is 72.7 Å². The van der Waals surface area contributed by atoms with Crippen LogP contribution in [0.15, 0.2) is 12.2 Å². The van der Waals surface area contributed by atoms with E-state index in [0.717, 1.165) is 6.92 Å². The van der Waals surface area contributed by atoms with Crippen molar-refractivity contribution in [3.05, 3.63) is 12.2 Å². The van der Waals surface area contributed by atoms with Crippen LogP contribution in [0.4, 0.5) is 0 Å². The van der Waals surface area contributed by atoms with Crippen molar-refractivity contribution < 1.29 is 48.3 Å². The summed E-state index contributed by atoms with van der Waals surface area (Å²) in [5.74, 6) is -3.82. The molecular weight excluding hydrogens is 352 g/mol. The minimum Gasteiger partial charge on any atom is -0.463 e. The number of methoxy groups -OCH3 is 1. The fourth-order valence-corrected chi connectivity index (χ4v) is 1.68. The Bertz CT molecular complexity index is 541. The van der Waals surface area contributed by atoms with Gasteiger partial charge in [0.15, 0.2) is 12.2 Å². The molecule has 0 aromatic rings. The van der Waals surface area contributed by atoms with E-state index in [0.29, 0.717) is 0 Å². The molecule has 0 heterocycles. The van der Waals surface area contributed by atoms with E-state index in [2.05, 4.69) is 20.8 Å². The van der Waals surface area contributed by atoms with Crippen LogP contribution >= 0.6 is 0 Å². The molecule has 0 spiro atoms. The molecule has 0 aromatic carbocycles. The second-order valence-electron chi connectivity index (χ2n) is 5.54. The molecule has 0 saturated heterocycles. The first-order chi connectivity index (χ1) is 12.0. The van der Waals surface area contributed by atoms with Crippen molar-refractivity contribution in [2.75, 3.05) is 26.9 Å². The lowest BCUT2D eigenvalue weighted by molar-refractivity contribution is -0.201.